The fourth-order valence-corrected chi connectivity index (χ4v) is 7.69. The van der Waals surface area contributed by atoms with Gasteiger partial charge in [-0.25, -0.2) is 14.4 Å². The highest BCUT2D eigenvalue weighted by atomic mass is 16.6. The third kappa shape index (κ3) is 20.0. The van der Waals surface area contributed by atoms with Gasteiger partial charge in [0, 0.05) is 12.7 Å². The van der Waals surface area contributed by atoms with Crippen LogP contribution in [-0.4, -0.2) is 153 Å². The molecule has 7 aromatic carbocycles. The Balaban J connectivity index is 0.000000277. The van der Waals surface area contributed by atoms with Crippen LogP contribution in [0.3, 0.4) is 0 Å². The minimum atomic E-state index is -1.11. The molecule has 0 aliphatic rings. The van der Waals surface area contributed by atoms with Crippen molar-refractivity contribution in [3.8, 4) is 57.5 Å². The Bertz CT molecular complexity index is 3060. The topological polar surface area (TPSA) is 327 Å². The number of hydrogen-bond acceptors (Lipinski definition) is 21. The van der Waals surface area contributed by atoms with Crippen LogP contribution < -0.4 is 18.9 Å². The van der Waals surface area contributed by atoms with Crippen molar-refractivity contribution in [3.05, 3.63) is 189 Å². The van der Waals surface area contributed by atoms with Gasteiger partial charge in [0.05, 0.1) is 23.3 Å². The maximum absolute atomic E-state index is 12.3. The summed E-state index contributed by atoms with van der Waals surface area (Å²) in [4.78, 5) is 36.5. The van der Waals surface area contributed by atoms with Crippen molar-refractivity contribution < 1.29 is 103 Å². The van der Waals surface area contributed by atoms with Gasteiger partial charge in [-0.2, -0.15) is 0 Å². The van der Waals surface area contributed by atoms with Gasteiger partial charge in [0.1, 0.15) is 111 Å². The maximum Gasteiger partial charge on any atom is 0.338 e. The predicted molar refractivity (Wildman–Crippen MR) is 304 cm³/mol. The summed E-state index contributed by atoms with van der Waals surface area (Å²) < 4.78 is 42.3. The lowest BCUT2D eigenvalue weighted by atomic mass is 10.0. The summed E-state index contributed by atoms with van der Waals surface area (Å²) in [5.41, 5.74) is 5.83. The molecule has 0 saturated heterocycles. The van der Waals surface area contributed by atoms with E-state index in [0.717, 1.165) is 39.9 Å². The summed E-state index contributed by atoms with van der Waals surface area (Å²) in [6.07, 6.45) is -2.61. The fraction of sp³-hybridized carbons (Fsp3) is 0.286. The fourth-order valence-electron chi connectivity index (χ4n) is 7.69. The SMILES string of the molecule is COCC(O)COc1ccc(Cc2ccc(OCC(O)COC(=O)c3cc(O)c(O)c(O)c3)cc2)cc1.Cc1cc(C(=O)OCC(O)COc2ccc(Cc3ccc(OCC(O)COC(=O)c4cc(O)c(C)c(O)c4)cc3)cc2)cc(O)c1C. The monoisotopic (exact) mass is 1160 g/mol. The molecule has 446 valence electrons. The third-order valence-electron chi connectivity index (χ3n) is 12.6. The molecule has 10 N–H and O–H groups in total. The first-order valence-corrected chi connectivity index (χ1v) is 26.3. The zero-order valence-electron chi connectivity index (χ0n) is 46.5. The van der Waals surface area contributed by atoms with E-state index in [0.29, 0.717) is 41.4 Å². The van der Waals surface area contributed by atoms with Crippen LogP contribution in [0.4, 0.5) is 0 Å². The van der Waals surface area contributed by atoms with Crippen LogP contribution in [-0.2, 0) is 31.8 Å². The first-order chi connectivity index (χ1) is 40.1. The van der Waals surface area contributed by atoms with Crippen molar-refractivity contribution in [1.29, 1.82) is 0 Å². The number of esters is 3. The molecule has 0 aliphatic heterocycles. The summed E-state index contributed by atoms with van der Waals surface area (Å²) >= 11 is 0. The zero-order valence-corrected chi connectivity index (χ0v) is 46.5. The van der Waals surface area contributed by atoms with Crippen LogP contribution in [0.25, 0.3) is 0 Å². The first kappa shape index (κ1) is 63.9. The van der Waals surface area contributed by atoms with Crippen LogP contribution in [0.5, 0.6) is 57.5 Å². The smallest absolute Gasteiger partial charge is 0.338 e. The summed E-state index contributed by atoms with van der Waals surface area (Å²) in [6.45, 7) is 4.11. The molecule has 0 bridgehead atoms. The number of carbonyl (C=O) groups is 3. The number of phenolic OH excluding ortho intramolecular Hbond substituents is 6. The Kier molecular flexibility index (Phi) is 23.8. The standard InChI is InChI=1S/C36H38O11.C27H30O10/c1-21-12-26(14-32(39)22(21)2)35(42)46-19-28(37)17-44-30-8-4-24(5-9-30)13-25-6-10-31(11-7-25)45-18-29(38)20-47-36(43)27-15-33(40)23(3)34(41)16-27;1-34-13-20(28)14-35-22-6-2-17(3-7-22)10-18-4-8-23(9-5-18)36-15-21(29)16-37-27(33)19-11-24(30)26(32)25(31)12-19/h4-12,14-16,28-29,37-41H,13,17-20H2,1-3H3;2-9,11-12,20-21,28-32H,10,13-16H2,1H3. The number of methoxy groups -OCH3 is 1. The van der Waals surface area contributed by atoms with Gasteiger partial charge < -0.3 is 89.0 Å². The Hall–Kier alpha value is -9.25. The minimum absolute atomic E-state index is 0.00717. The number of aliphatic hydroxyl groups excluding tert-OH is 4. The van der Waals surface area contributed by atoms with E-state index in [4.69, 9.17) is 37.9 Å². The van der Waals surface area contributed by atoms with E-state index < -0.39 is 59.6 Å². The molecule has 0 fully saturated rings. The van der Waals surface area contributed by atoms with Crippen molar-refractivity contribution in [1.82, 2.24) is 0 Å². The van der Waals surface area contributed by atoms with Gasteiger partial charge in [0.15, 0.2) is 17.2 Å². The molecule has 21 heteroatoms. The van der Waals surface area contributed by atoms with E-state index >= 15 is 0 Å². The van der Waals surface area contributed by atoms with Crippen molar-refractivity contribution in [2.45, 2.75) is 58.0 Å². The number of aliphatic hydroxyl groups is 4. The summed E-state index contributed by atoms with van der Waals surface area (Å²) in [5, 5.41) is 97.8. The highest BCUT2D eigenvalue weighted by Gasteiger charge is 2.19. The van der Waals surface area contributed by atoms with Gasteiger partial charge in [-0.3, -0.25) is 0 Å². The number of aryl methyl sites for hydroxylation is 1. The highest BCUT2D eigenvalue weighted by molar-refractivity contribution is 5.92. The molecule has 0 heterocycles. The molecular weight excluding hydrogens is 1090 g/mol. The average Bonchev–Trinajstić information content (AvgIpc) is 3.60. The second-order valence-corrected chi connectivity index (χ2v) is 19.5. The minimum Gasteiger partial charge on any atom is -0.508 e. The lowest BCUT2D eigenvalue weighted by Gasteiger charge is -2.14. The molecule has 21 nitrogen and oxygen atoms in total. The molecule has 7 aromatic rings. The van der Waals surface area contributed by atoms with E-state index in [1.165, 1.54) is 32.2 Å². The molecule has 0 saturated carbocycles. The highest BCUT2D eigenvalue weighted by Crippen LogP contribution is 2.36. The number of aromatic hydroxyl groups is 6. The summed E-state index contributed by atoms with van der Waals surface area (Å²) in [7, 11) is 1.52. The molecule has 0 spiro atoms. The molecule has 0 aromatic heterocycles. The molecule has 7 rings (SSSR count). The lowest BCUT2D eigenvalue weighted by Crippen LogP contribution is -2.25. The Morgan fingerprint density at radius 3 is 0.905 bits per heavy atom. The van der Waals surface area contributed by atoms with Gasteiger partial charge in [-0.05, 0) is 152 Å². The van der Waals surface area contributed by atoms with Crippen molar-refractivity contribution in [2.75, 3.05) is 60.0 Å². The van der Waals surface area contributed by atoms with Crippen LogP contribution in [0.2, 0.25) is 0 Å². The average molecular weight is 1160 g/mol. The summed E-state index contributed by atoms with van der Waals surface area (Å²) in [6, 6.07) is 36.8. The largest absolute Gasteiger partial charge is 0.508 e. The van der Waals surface area contributed by atoms with E-state index in [-0.39, 0.29) is 92.4 Å². The molecule has 0 aliphatic carbocycles. The molecule has 4 unspecified atom stereocenters. The Morgan fingerprint density at radius 1 is 0.357 bits per heavy atom. The van der Waals surface area contributed by atoms with Crippen molar-refractivity contribution >= 4 is 17.9 Å². The second-order valence-electron chi connectivity index (χ2n) is 19.5. The first-order valence-electron chi connectivity index (χ1n) is 26.3. The number of ether oxygens (including phenoxy) is 8. The Morgan fingerprint density at radius 2 is 0.619 bits per heavy atom. The number of carbonyl (C=O) groups excluding carboxylic acids is 3. The molecule has 0 radical (unpaired) electrons. The predicted octanol–water partition coefficient (Wildman–Crippen LogP) is 6.89. The van der Waals surface area contributed by atoms with Gasteiger partial charge in [-0.1, -0.05) is 48.5 Å². The van der Waals surface area contributed by atoms with E-state index in [1.807, 2.05) is 60.7 Å². The van der Waals surface area contributed by atoms with Gasteiger partial charge >= 0.3 is 17.9 Å². The maximum atomic E-state index is 12.3. The zero-order chi connectivity index (χ0) is 60.9. The second kappa shape index (κ2) is 31.3. The van der Waals surface area contributed by atoms with Crippen molar-refractivity contribution in [2.24, 2.45) is 0 Å². The molecule has 4 atom stereocenters. The summed E-state index contributed by atoms with van der Waals surface area (Å²) in [5.74, 6) is -2.63. The molecule has 84 heavy (non-hydrogen) atoms. The number of benzene rings is 7. The van der Waals surface area contributed by atoms with Gasteiger partial charge in [0.25, 0.3) is 0 Å². The van der Waals surface area contributed by atoms with Crippen molar-refractivity contribution in [3.63, 3.8) is 0 Å². The lowest BCUT2D eigenvalue weighted by molar-refractivity contribution is 0.0127. The molecule has 0 amide bonds. The van der Waals surface area contributed by atoms with Crippen LogP contribution in [0, 0.1) is 20.8 Å². The van der Waals surface area contributed by atoms with Crippen LogP contribution in [0.1, 0.15) is 70.0 Å². The van der Waals surface area contributed by atoms with E-state index in [9.17, 15) is 65.4 Å². The Labute approximate surface area is 484 Å². The normalized spacial score (nSPS) is 12.3. The number of rotatable bonds is 27. The van der Waals surface area contributed by atoms with E-state index in [2.05, 4.69) is 0 Å². The van der Waals surface area contributed by atoms with Gasteiger partial charge in [-0.15, -0.1) is 0 Å². The van der Waals surface area contributed by atoms with E-state index in [1.54, 1.807) is 56.3 Å². The van der Waals surface area contributed by atoms with Crippen LogP contribution in [0.15, 0.2) is 133 Å². The number of hydrogen-bond donors (Lipinski definition) is 10. The van der Waals surface area contributed by atoms with Crippen LogP contribution >= 0.6 is 0 Å². The molecular formula is C63H68O21. The third-order valence-corrected chi connectivity index (χ3v) is 12.6. The van der Waals surface area contributed by atoms with Gasteiger partial charge in [0.2, 0.25) is 0 Å². The quantitative estimate of drug-likeness (QED) is 0.0142. The number of phenols is 6.